The number of urea groups is 1. The van der Waals surface area contributed by atoms with Crippen molar-refractivity contribution in [1.29, 1.82) is 0 Å². The van der Waals surface area contributed by atoms with E-state index in [-0.39, 0.29) is 6.29 Å². The molecule has 2 amide bonds. The van der Waals surface area contributed by atoms with Crippen molar-refractivity contribution in [3.63, 3.8) is 0 Å². The van der Waals surface area contributed by atoms with Crippen molar-refractivity contribution in [2.45, 2.75) is 6.04 Å². The number of aliphatic carboxylic acids is 1. The predicted molar refractivity (Wildman–Crippen MR) is 79.1 cm³/mol. The third-order valence-corrected chi connectivity index (χ3v) is 2.78. The lowest BCUT2D eigenvalue weighted by Crippen LogP contribution is -2.51. The summed E-state index contributed by atoms with van der Waals surface area (Å²) >= 11 is 0. The van der Waals surface area contributed by atoms with Crippen LogP contribution < -0.4 is 5.32 Å². The molecule has 0 aliphatic carbocycles. The number of aldehydes is 1. The van der Waals surface area contributed by atoms with Gasteiger partial charge in [-0.15, -0.1) is 0 Å². The fraction of sp³-hybridized carbons (Fsp3) is 0.200. The van der Waals surface area contributed by atoms with Crippen molar-refractivity contribution in [2.75, 3.05) is 13.6 Å². The van der Waals surface area contributed by atoms with E-state index in [0.29, 0.717) is 4.90 Å². The van der Waals surface area contributed by atoms with Crippen molar-refractivity contribution in [3.05, 3.63) is 42.0 Å². The molecule has 0 radical (unpaired) electrons. The fourth-order valence-electron chi connectivity index (χ4n) is 1.72. The number of carboxylic acid groups (broad SMARTS) is 1. The molecule has 22 heavy (non-hydrogen) atoms. The van der Waals surface area contributed by atoms with Crippen molar-refractivity contribution in [3.8, 4) is 0 Å². The number of rotatable bonds is 7. The van der Waals surface area contributed by atoms with E-state index in [9.17, 15) is 19.2 Å². The van der Waals surface area contributed by atoms with Crippen LogP contribution in [-0.4, -0.2) is 53.7 Å². The molecular weight excluding hydrogens is 288 g/mol. The minimum Gasteiger partial charge on any atom is -0.480 e. The first-order valence-corrected chi connectivity index (χ1v) is 6.42. The van der Waals surface area contributed by atoms with Gasteiger partial charge in [0.05, 0.1) is 0 Å². The lowest BCUT2D eigenvalue weighted by Gasteiger charge is -2.24. The van der Waals surface area contributed by atoms with Crippen LogP contribution in [0.2, 0.25) is 0 Å². The lowest BCUT2D eigenvalue weighted by atomic mass is 10.1. The summed E-state index contributed by atoms with van der Waals surface area (Å²) in [5.41, 5.74) is 0.741. The Morgan fingerprint density at radius 1 is 1.27 bits per heavy atom. The second kappa shape index (κ2) is 8.35. The number of hydrogen-bond donors (Lipinski definition) is 2. The second-order valence-corrected chi connectivity index (χ2v) is 4.30. The zero-order valence-corrected chi connectivity index (χ0v) is 11.9. The summed E-state index contributed by atoms with van der Waals surface area (Å²) < 4.78 is 0. The number of carboxylic acids is 1. The van der Waals surface area contributed by atoms with Crippen molar-refractivity contribution >= 4 is 30.1 Å². The second-order valence-electron chi connectivity index (χ2n) is 4.30. The Balaban J connectivity index is 2.93. The van der Waals surface area contributed by atoms with Gasteiger partial charge in [-0.3, -0.25) is 14.5 Å². The molecule has 0 bridgehead atoms. The summed E-state index contributed by atoms with van der Waals surface area (Å²) in [6, 6.07) is 6.58. The van der Waals surface area contributed by atoms with Crippen LogP contribution in [0.25, 0.3) is 6.08 Å². The molecule has 0 saturated heterocycles. The number of nitrogens with one attached hydrogen (secondary N) is 1. The highest BCUT2D eigenvalue weighted by Crippen LogP contribution is 2.05. The van der Waals surface area contributed by atoms with E-state index in [4.69, 9.17) is 5.11 Å². The molecule has 0 aliphatic rings. The Kier molecular flexibility index (Phi) is 6.49. The number of carbonyl (C=O) groups excluding carboxylic acids is 3. The van der Waals surface area contributed by atoms with Crippen LogP contribution >= 0.6 is 0 Å². The van der Waals surface area contributed by atoms with Gasteiger partial charge in [-0.05, 0) is 11.6 Å². The first-order chi connectivity index (χ1) is 10.5. The van der Waals surface area contributed by atoms with Gasteiger partial charge in [0.15, 0.2) is 18.1 Å². The topological polar surface area (TPSA) is 104 Å². The van der Waals surface area contributed by atoms with Gasteiger partial charge in [-0.1, -0.05) is 36.4 Å². The molecule has 1 aromatic rings. The molecule has 0 saturated carbocycles. The first-order valence-electron chi connectivity index (χ1n) is 6.42. The van der Waals surface area contributed by atoms with E-state index in [2.05, 4.69) is 5.32 Å². The molecule has 116 valence electrons. The monoisotopic (exact) mass is 304 g/mol. The molecule has 0 heterocycles. The van der Waals surface area contributed by atoms with Crippen LogP contribution in [0.1, 0.15) is 5.56 Å². The lowest BCUT2D eigenvalue weighted by molar-refractivity contribution is -0.138. The summed E-state index contributed by atoms with van der Waals surface area (Å²) in [6.07, 6.45) is 2.88. The Bertz CT molecular complexity index is 583. The van der Waals surface area contributed by atoms with E-state index in [1.807, 2.05) is 6.07 Å². The smallest absolute Gasteiger partial charge is 0.323 e. The van der Waals surface area contributed by atoms with Gasteiger partial charge in [-0.25, -0.2) is 4.79 Å². The maximum Gasteiger partial charge on any atom is 0.323 e. The van der Waals surface area contributed by atoms with Gasteiger partial charge in [-0.2, -0.15) is 0 Å². The van der Waals surface area contributed by atoms with Gasteiger partial charge in [0.2, 0.25) is 0 Å². The molecule has 7 heteroatoms. The average Bonchev–Trinajstić information content (AvgIpc) is 2.52. The molecule has 1 aromatic carbocycles. The SMILES string of the molecule is CNC(=O)N(CC(=O)O)C(C=O)C(=O)C=Cc1ccccc1. The zero-order valence-electron chi connectivity index (χ0n) is 11.9. The average molecular weight is 304 g/mol. The van der Waals surface area contributed by atoms with Crippen molar-refractivity contribution in [1.82, 2.24) is 10.2 Å². The molecule has 1 rings (SSSR count). The number of amides is 2. The standard InChI is InChI=1S/C15H16N2O5/c1-16-15(22)17(9-14(20)21)12(10-18)13(19)8-7-11-5-3-2-4-6-11/h2-8,10,12H,9H2,1H3,(H,16,22)(H,20,21). The highest BCUT2D eigenvalue weighted by atomic mass is 16.4. The number of hydrogen-bond acceptors (Lipinski definition) is 4. The van der Waals surface area contributed by atoms with Gasteiger partial charge in [0, 0.05) is 7.05 Å². The largest absolute Gasteiger partial charge is 0.480 e. The van der Waals surface area contributed by atoms with Crippen LogP contribution in [0.4, 0.5) is 4.79 Å². The van der Waals surface area contributed by atoms with E-state index in [1.54, 1.807) is 24.3 Å². The van der Waals surface area contributed by atoms with Gasteiger partial charge >= 0.3 is 12.0 Å². The molecule has 1 unspecified atom stereocenters. The van der Waals surface area contributed by atoms with Crippen molar-refractivity contribution < 1.29 is 24.3 Å². The highest BCUT2D eigenvalue weighted by molar-refractivity contribution is 6.08. The number of ketones is 1. The van der Waals surface area contributed by atoms with Crippen LogP contribution in [0.3, 0.4) is 0 Å². The molecule has 0 aromatic heterocycles. The molecular formula is C15H16N2O5. The Labute approximate surface area is 127 Å². The highest BCUT2D eigenvalue weighted by Gasteiger charge is 2.29. The van der Waals surface area contributed by atoms with E-state index < -0.39 is 30.4 Å². The minimum absolute atomic E-state index is 0.246. The Morgan fingerprint density at radius 3 is 2.41 bits per heavy atom. The predicted octanol–water partition coefficient (Wildman–Crippen LogP) is 0.562. The maximum absolute atomic E-state index is 12.1. The van der Waals surface area contributed by atoms with Crippen LogP contribution in [0, 0.1) is 0 Å². The van der Waals surface area contributed by atoms with E-state index in [0.717, 1.165) is 11.6 Å². The molecule has 2 N–H and O–H groups in total. The quantitative estimate of drug-likeness (QED) is 0.435. The first kappa shape index (κ1) is 17.1. The third-order valence-electron chi connectivity index (χ3n) is 2.78. The maximum atomic E-state index is 12.1. The zero-order chi connectivity index (χ0) is 16.5. The summed E-state index contributed by atoms with van der Waals surface area (Å²) in [5.74, 6) is -2.00. The summed E-state index contributed by atoms with van der Waals surface area (Å²) in [5, 5.41) is 11.0. The van der Waals surface area contributed by atoms with Gasteiger partial charge in [0.1, 0.15) is 6.54 Å². The van der Waals surface area contributed by atoms with E-state index in [1.165, 1.54) is 13.1 Å². The molecule has 0 aliphatic heterocycles. The Hall–Kier alpha value is -2.96. The fourth-order valence-corrected chi connectivity index (χ4v) is 1.72. The number of benzene rings is 1. The molecule has 0 spiro atoms. The third kappa shape index (κ3) is 4.86. The minimum atomic E-state index is -1.49. The number of carbonyl (C=O) groups is 4. The van der Waals surface area contributed by atoms with Crippen LogP contribution in [0.15, 0.2) is 36.4 Å². The number of nitrogens with zero attached hydrogens (tertiary/aromatic N) is 1. The summed E-state index contributed by atoms with van der Waals surface area (Å²) in [4.78, 5) is 46.3. The molecule has 1 atom stereocenters. The molecule has 0 fully saturated rings. The van der Waals surface area contributed by atoms with Crippen LogP contribution in [0.5, 0.6) is 0 Å². The van der Waals surface area contributed by atoms with Gasteiger partial charge in [0.25, 0.3) is 0 Å². The van der Waals surface area contributed by atoms with Crippen LogP contribution in [-0.2, 0) is 14.4 Å². The molecule has 7 nitrogen and oxygen atoms in total. The van der Waals surface area contributed by atoms with Gasteiger partial charge < -0.3 is 15.2 Å². The van der Waals surface area contributed by atoms with E-state index >= 15 is 0 Å². The summed E-state index contributed by atoms with van der Waals surface area (Å²) in [6.45, 7) is -0.756. The Morgan fingerprint density at radius 2 is 1.91 bits per heavy atom. The normalized spacial score (nSPS) is 11.7. The summed E-state index contributed by atoms with van der Waals surface area (Å²) in [7, 11) is 1.28. The van der Waals surface area contributed by atoms with Crippen molar-refractivity contribution in [2.24, 2.45) is 0 Å².